The molecule has 3 aromatic rings. The number of anilines is 1. The second-order valence-electron chi connectivity index (χ2n) is 9.51. The van der Waals surface area contributed by atoms with E-state index in [0.717, 1.165) is 34.5 Å². The fourth-order valence-corrected chi connectivity index (χ4v) is 4.94. The predicted octanol–water partition coefficient (Wildman–Crippen LogP) is 5.02. The molecular formula is C30H36ClN3O5S. The molecular weight excluding hydrogens is 550 g/mol. The molecule has 0 aliphatic heterocycles. The number of nitrogens with zero attached hydrogens (tertiary/aromatic N) is 2. The summed E-state index contributed by atoms with van der Waals surface area (Å²) in [6, 6.07) is 22.3. The molecule has 214 valence electrons. The number of rotatable bonds is 14. The third-order valence-electron chi connectivity index (χ3n) is 6.32. The molecule has 0 saturated heterocycles. The molecule has 0 unspecified atom stereocenters. The average molecular weight is 586 g/mol. The zero-order chi connectivity index (χ0) is 29.1. The van der Waals surface area contributed by atoms with E-state index in [0.29, 0.717) is 29.6 Å². The quantitative estimate of drug-likeness (QED) is 0.268. The monoisotopic (exact) mass is 585 g/mol. The van der Waals surface area contributed by atoms with Gasteiger partial charge in [-0.2, -0.15) is 0 Å². The molecule has 0 aromatic heterocycles. The summed E-state index contributed by atoms with van der Waals surface area (Å²) in [5.74, 6) is -0.251. The van der Waals surface area contributed by atoms with Gasteiger partial charge in [-0.15, -0.1) is 0 Å². The molecule has 2 amide bonds. The van der Waals surface area contributed by atoms with E-state index in [4.69, 9.17) is 16.3 Å². The highest BCUT2D eigenvalue weighted by atomic mass is 35.5. The Labute approximate surface area is 241 Å². The summed E-state index contributed by atoms with van der Waals surface area (Å²) in [7, 11) is -3.83. The van der Waals surface area contributed by atoms with Crippen molar-refractivity contribution in [2.45, 2.75) is 45.9 Å². The van der Waals surface area contributed by atoms with Crippen LogP contribution in [0.3, 0.4) is 0 Å². The van der Waals surface area contributed by atoms with Crippen LogP contribution in [0.2, 0.25) is 5.02 Å². The molecule has 0 radical (unpaired) electrons. The van der Waals surface area contributed by atoms with Gasteiger partial charge in [0, 0.05) is 18.1 Å². The number of ether oxygens (including phenoxy) is 1. The van der Waals surface area contributed by atoms with Crippen molar-refractivity contribution in [2.24, 2.45) is 0 Å². The van der Waals surface area contributed by atoms with E-state index in [1.807, 2.05) is 37.3 Å². The molecule has 8 nitrogen and oxygen atoms in total. The van der Waals surface area contributed by atoms with Gasteiger partial charge in [0.1, 0.15) is 24.9 Å². The Balaban J connectivity index is 1.79. The lowest BCUT2D eigenvalue weighted by Gasteiger charge is -2.31. The van der Waals surface area contributed by atoms with Crippen LogP contribution in [0.25, 0.3) is 0 Å². The topological polar surface area (TPSA) is 96.0 Å². The van der Waals surface area contributed by atoms with E-state index in [-0.39, 0.29) is 12.5 Å². The molecule has 0 bridgehead atoms. The number of amides is 2. The molecule has 10 heteroatoms. The maximum atomic E-state index is 13.6. The van der Waals surface area contributed by atoms with Crippen molar-refractivity contribution < 1.29 is 22.7 Å². The summed E-state index contributed by atoms with van der Waals surface area (Å²) in [5, 5.41) is 3.41. The normalized spacial score (nSPS) is 11.9. The van der Waals surface area contributed by atoms with Crippen molar-refractivity contribution in [3.8, 4) is 5.75 Å². The van der Waals surface area contributed by atoms with Gasteiger partial charge in [-0.25, -0.2) is 8.42 Å². The molecule has 0 fully saturated rings. The van der Waals surface area contributed by atoms with Crippen molar-refractivity contribution in [2.75, 3.05) is 23.7 Å². The Morgan fingerprint density at radius 3 is 2.20 bits per heavy atom. The number of sulfonamides is 1. The minimum atomic E-state index is -3.83. The highest BCUT2D eigenvalue weighted by Crippen LogP contribution is 2.23. The van der Waals surface area contributed by atoms with E-state index in [2.05, 4.69) is 5.32 Å². The Kier molecular flexibility index (Phi) is 11.4. The van der Waals surface area contributed by atoms with Gasteiger partial charge in [0.2, 0.25) is 21.8 Å². The number of carbonyl (C=O) groups is 2. The molecule has 1 atom stereocenters. The van der Waals surface area contributed by atoms with Crippen LogP contribution in [-0.2, 0) is 32.8 Å². The van der Waals surface area contributed by atoms with Crippen LogP contribution < -0.4 is 14.4 Å². The molecule has 3 rings (SSSR count). The highest BCUT2D eigenvalue weighted by molar-refractivity contribution is 7.92. The van der Waals surface area contributed by atoms with E-state index in [9.17, 15) is 18.0 Å². The van der Waals surface area contributed by atoms with Crippen LogP contribution in [0, 0.1) is 0 Å². The smallest absolute Gasteiger partial charge is 0.244 e. The molecule has 0 spiro atoms. The van der Waals surface area contributed by atoms with Crippen molar-refractivity contribution in [3.05, 3.63) is 95.0 Å². The maximum absolute atomic E-state index is 13.6. The second-order valence-corrected chi connectivity index (χ2v) is 11.8. The lowest BCUT2D eigenvalue weighted by molar-refractivity contribution is -0.139. The lowest BCUT2D eigenvalue weighted by Crippen LogP contribution is -2.51. The van der Waals surface area contributed by atoms with Gasteiger partial charge in [-0.05, 0) is 60.9 Å². The minimum absolute atomic E-state index is 0.113. The van der Waals surface area contributed by atoms with Crippen LogP contribution in [0.4, 0.5) is 5.69 Å². The third kappa shape index (κ3) is 9.27. The molecule has 3 aromatic carbocycles. The van der Waals surface area contributed by atoms with E-state index >= 15 is 0 Å². The average Bonchev–Trinajstić information content (AvgIpc) is 2.94. The van der Waals surface area contributed by atoms with Gasteiger partial charge < -0.3 is 15.0 Å². The fourth-order valence-electron chi connectivity index (χ4n) is 3.97. The second kappa shape index (κ2) is 14.7. The van der Waals surface area contributed by atoms with E-state index < -0.39 is 28.5 Å². The number of halogens is 1. The Morgan fingerprint density at radius 1 is 0.950 bits per heavy atom. The van der Waals surface area contributed by atoms with Crippen molar-refractivity contribution >= 4 is 39.1 Å². The Bertz CT molecular complexity index is 1350. The van der Waals surface area contributed by atoms with Crippen molar-refractivity contribution in [1.29, 1.82) is 0 Å². The van der Waals surface area contributed by atoms with Crippen LogP contribution in [0.1, 0.15) is 37.8 Å². The summed E-state index contributed by atoms with van der Waals surface area (Å²) in [4.78, 5) is 27.9. The van der Waals surface area contributed by atoms with Crippen LogP contribution in [0.5, 0.6) is 5.75 Å². The SMILES string of the molecule is CCCCNC(=O)[C@H](C)N(Cc1ccc(Cl)cc1)C(=O)CN(c1ccc(OCc2ccccc2)cc1)S(C)(=O)=O. The molecule has 0 heterocycles. The van der Waals surface area contributed by atoms with Gasteiger partial charge in [0.25, 0.3) is 0 Å². The molecule has 0 aliphatic carbocycles. The fraction of sp³-hybridized carbons (Fsp3) is 0.333. The summed E-state index contributed by atoms with van der Waals surface area (Å²) in [5.41, 5.74) is 2.08. The van der Waals surface area contributed by atoms with Crippen LogP contribution in [0.15, 0.2) is 78.9 Å². The first-order chi connectivity index (χ1) is 19.1. The number of nitrogens with one attached hydrogen (secondary N) is 1. The summed E-state index contributed by atoms with van der Waals surface area (Å²) >= 11 is 6.02. The number of hydrogen-bond acceptors (Lipinski definition) is 5. The number of benzene rings is 3. The van der Waals surface area contributed by atoms with E-state index in [1.165, 1.54) is 4.90 Å². The van der Waals surface area contributed by atoms with Crippen molar-refractivity contribution in [3.63, 3.8) is 0 Å². The first-order valence-electron chi connectivity index (χ1n) is 13.1. The number of carbonyl (C=O) groups excluding carboxylic acids is 2. The zero-order valence-corrected chi connectivity index (χ0v) is 24.6. The van der Waals surface area contributed by atoms with Gasteiger partial charge in [0.15, 0.2) is 0 Å². The first kappa shape index (κ1) is 31.0. The Morgan fingerprint density at radius 2 is 1.60 bits per heavy atom. The van der Waals surface area contributed by atoms with Gasteiger partial charge in [-0.3, -0.25) is 13.9 Å². The lowest BCUT2D eigenvalue weighted by atomic mass is 10.1. The Hall–Kier alpha value is -3.56. The first-order valence-corrected chi connectivity index (χ1v) is 15.4. The largest absolute Gasteiger partial charge is 0.489 e. The van der Waals surface area contributed by atoms with Gasteiger partial charge in [0.05, 0.1) is 11.9 Å². The minimum Gasteiger partial charge on any atom is -0.489 e. The van der Waals surface area contributed by atoms with Gasteiger partial charge in [-0.1, -0.05) is 67.4 Å². The standard InChI is InChI=1S/C30H36ClN3O5S/c1-4-5-19-32-30(36)23(2)33(20-24-11-13-26(31)14-12-24)29(35)21-34(40(3,37)38)27-15-17-28(18-16-27)39-22-25-9-7-6-8-10-25/h6-18,23H,4-5,19-22H2,1-3H3,(H,32,36)/t23-/m0/s1. The molecule has 40 heavy (non-hydrogen) atoms. The predicted molar refractivity (Wildman–Crippen MR) is 159 cm³/mol. The maximum Gasteiger partial charge on any atom is 0.244 e. The summed E-state index contributed by atoms with van der Waals surface area (Å²) in [6.07, 6.45) is 2.78. The number of hydrogen-bond donors (Lipinski definition) is 1. The van der Waals surface area contributed by atoms with Crippen LogP contribution >= 0.6 is 11.6 Å². The van der Waals surface area contributed by atoms with Crippen LogP contribution in [-0.4, -0.2) is 50.5 Å². The van der Waals surface area contributed by atoms with E-state index in [1.54, 1.807) is 55.5 Å². The molecule has 1 N–H and O–H groups in total. The van der Waals surface area contributed by atoms with Gasteiger partial charge >= 0.3 is 0 Å². The highest BCUT2D eigenvalue weighted by Gasteiger charge is 2.30. The number of unbranched alkanes of at least 4 members (excludes halogenated alkanes) is 1. The zero-order valence-electron chi connectivity index (χ0n) is 23.0. The van der Waals surface area contributed by atoms with Crippen molar-refractivity contribution in [1.82, 2.24) is 10.2 Å². The molecule has 0 aliphatic rings. The summed E-state index contributed by atoms with van der Waals surface area (Å²) in [6.45, 7) is 4.17. The molecule has 0 saturated carbocycles. The summed E-state index contributed by atoms with van der Waals surface area (Å²) < 4.78 is 32.4. The third-order valence-corrected chi connectivity index (χ3v) is 7.71.